The SMILES string of the molecule is O=C(O)C1CCCC1CNc1cc(F)c(I)cc1[N+](=O)[O-]. The Morgan fingerprint density at radius 2 is 2.24 bits per heavy atom. The summed E-state index contributed by atoms with van der Waals surface area (Å²) in [5, 5.41) is 22.9. The predicted octanol–water partition coefficient (Wildman–Crippen LogP) is 3.25. The van der Waals surface area contributed by atoms with E-state index in [1.165, 1.54) is 6.07 Å². The van der Waals surface area contributed by atoms with E-state index in [9.17, 15) is 19.3 Å². The first-order chi connectivity index (χ1) is 9.90. The Hall–Kier alpha value is -1.45. The number of benzene rings is 1. The highest BCUT2D eigenvalue weighted by Crippen LogP contribution is 2.34. The van der Waals surface area contributed by atoms with Gasteiger partial charge in [0, 0.05) is 18.7 Å². The number of halogens is 2. The number of nitro groups is 1. The number of carbonyl (C=O) groups is 1. The van der Waals surface area contributed by atoms with Crippen LogP contribution in [0.2, 0.25) is 0 Å². The number of rotatable bonds is 5. The molecule has 1 saturated carbocycles. The third kappa shape index (κ3) is 3.60. The molecule has 1 fully saturated rings. The van der Waals surface area contributed by atoms with E-state index >= 15 is 0 Å². The lowest BCUT2D eigenvalue weighted by Gasteiger charge is -2.17. The Labute approximate surface area is 134 Å². The molecule has 1 aliphatic rings. The van der Waals surface area contributed by atoms with E-state index in [2.05, 4.69) is 5.32 Å². The summed E-state index contributed by atoms with van der Waals surface area (Å²) in [5.41, 5.74) is -0.111. The number of anilines is 1. The lowest BCUT2D eigenvalue weighted by atomic mass is 9.96. The highest BCUT2D eigenvalue weighted by Gasteiger charge is 2.33. The summed E-state index contributed by atoms with van der Waals surface area (Å²) in [6, 6.07) is 2.26. The molecule has 114 valence electrons. The molecule has 21 heavy (non-hydrogen) atoms. The van der Waals surface area contributed by atoms with E-state index in [0.29, 0.717) is 6.42 Å². The maximum Gasteiger partial charge on any atom is 0.306 e. The first-order valence-electron chi connectivity index (χ1n) is 6.50. The van der Waals surface area contributed by atoms with Crippen LogP contribution in [0.15, 0.2) is 12.1 Å². The van der Waals surface area contributed by atoms with E-state index < -0.39 is 22.6 Å². The number of carboxylic acids is 1. The van der Waals surface area contributed by atoms with Gasteiger partial charge in [-0.3, -0.25) is 14.9 Å². The predicted molar refractivity (Wildman–Crippen MR) is 82.7 cm³/mol. The zero-order valence-electron chi connectivity index (χ0n) is 11.0. The van der Waals surface area contributed by atoms with Crippen molar-refractivity contribution in [3.05, 3.63) is 31.6 Å². The molecule has 0 spiro atoms. The molecular formula is C13H14FIN2O4. The molecule has 8 heteroatoms. The van der Waals surface area contributed by atoms with Crippen LogP contribution in [-0.2, 0) is 4.79 Å². The number of nitro benzene ring substituents is 1. The number of nitrogens with zero attached hydrogens (tertiary/aromatic N) is 1. The highest BCUT2D eigenvalue weighted by atomic mass is 127. The molecular weight excluding hydrogens is 394 g/mol. The van der Waals surface area contributed by atoms with Gasteiger partial charge in [0.05, 0.1) is 14.4 Å². The standard InChI is InChI=1S/C13H14FIN2O4/c14-9-4-11(12(17(20)21)5-10(9)15)16-6-7-2-1-3-8(7)13(18)19/h4-5,7-8,16H,1-3,6H2,(H,18,19). The fourth-order valence-electron chi connectivity index (χ4n) is 2.68. The molecule has 2 rings (SSSR count). The van der Waals surface area contributed by atoms with Crippen molar-refractivity contribution in [1.82, 2.24) is 0 Å². The van der Waals surface area contributed by atoms with Gasteiger partial charge in [0.1, 0.15) is 11.5 Å². The minimum absolute atomic E-state index is 0.0916. The van der Waals surface area contributed by atoms with Crippen LogP contribution in [0.1, 0.15) is 19.3 Å². The van der Waals surface area contributed by atoms with Gasteiger partial charge in [-0.2, -0.15) is 0 Å². The third-order valence-corrected chi connectivity index (χ3v) is 4.59. The summed E-state index contributed by atoms with van der Waals surface area (Å²) in [5.74, 6) is -1.91. The molecule has 0 radical (unpaired) electrons. The average Bonchev–Trinajstić information content (AvgIpc) is 2.88. The van der Waals surface area contributed by atoms with Crippen LogP contribution in [0.25, 0.3) is 0 Å². The monoisotopic (exact) mass is 408 g/mol. The fraction of sp³-hybridized carbons (Fsp3) is 0.462. The number of hydrogen-bond donors (Lipinski definition) is 2. The summed E-state index contributed by atoms with van der Waals surface area (Å²) in [6.45, 7) is 0.290. The summed E-state index contributed by atoms with van der Waals surface area (Å²) >= 11 is 1.69. The van der Waals surface area contributed by atoms with Crippen molar-refractivity contribution in [1.29, 1.82) is 0 Å². The lowest BCUT2D eigenvalue weighted by Crippen LogP contribution is -2.24. The molecule has 2 unspecified atom stereocenters. The Morgan fingerprint density at radius 3 is 2.86 bits per heavy atom. The normalized spacial score (nSPS) is 21.2. The Kier molecular flexibility index (Phi) is 4.96. The number of hydrogen-bond acceptors (Lipinski definition) is 4. The molecule has 2 N–H and O–H groups in total. The van der Waals surface area contributed by atoms with Crippen LogP contribution in [0.4, 0.5) is 15.8 Å². The average molecular weight is 408 g/mol. The Balaban J connectivity index is 2.14. The van der Waals surface area contributed by atoms with E-state index in [0.717, 1.165) is 18.9 Å². The van der Waals surface area contributed by atoms with Crippen LogP contribution in [0, 0.1) is 31.3 Å². The van der Waals surface area contributed by atoms with Crippen LogP contribution < -0.4 is 5.32 Å². The minimum Gasteiger partial charge on any atom is -0.481 e. The zero-order valence-corrected chi connectivity index (χ0v) is 13.2. The molecule has 0 heterocycles. The molecule has 2 atom stereocenters. The summed E-state index contributed by atoms with van der Waals surface area (Å²) in [6.07, 6.45) is 2.20. The van der Waals surface area contributed by atoms with Gasteiger partial charge in [0.15, 0.2) is 0 Å². The third-order valence-electron chi connectivity index (χ3n) is 3.77. The Morgan fingerprint density at radius 1 is 1.52 bits per heavy atom. The van der Waals surface area contributed by atoms with Gasteiger partial charge >= 0.3 is 5.97 Å². The van der Waals surface area contributed by atoms with Crippen molar-refractivity contribution in [2.45, 2.75) is 19.3 Å². The molecule has 1 aliphatic carbocycles. The van der Waals surface area contributed by atoms with Crippen LogP contribution >= 0.6 is 22.6 Å². The maximum atomic E-state index is 13.6. The van der Waals surface area contributed by atoms with Crippen molar-refractivity contribution in [3.8, 4) is 0 Å². The second kappa shape index (κ2) is 6.54. The summed E-state index contributed by atoms with van der Waals surface area (Å²) in [7, 11) is 0. The first kappa shape index (κ1) is 15.9. The fourth-order valence-corrected chi connectivity index (χ4v) is 3.13. The van der Waals surface area contributed by atoms with Gasteiger partial charge in [-0.05, 0) is 41.4 Å². The lowest BCUT2D eigenvalue weighted by molar-refractivity contribution is -0.384. The van der Waals surface area contributed by atoms with Gasteiger partial charge in [0.25, 0.3) is 5.69 Å². The quantitative estimate of drug-likeness (QED) is 0.444. The molecule has 0 aromatic heterocycles. The summed E-state index contributed by atoms with van der Waals surface area (Å²) in [4.78, 5) is 21.5. The van der Waals surface area contributed by atoms with Crippen molar-refractivity contribution in [2.75, 3.05) is 11.9 Å². The number of aliphatic carboxylic acids is 1. The van der Waals surface area contributed by atoms with E-state index in [-0.39, 0.29) is 27.4 Å². The van der Waals surface area contributed by atoms with Crippen molar-refractivity contribution >= 4 is 39.9 Å². The smallest absolute Gasteiger partial charge is 0.306 e. The molecule has 0 saturated heterocycles. The molecule has 0 aliphatic heterocycles. The van der Waals surface area contributed by atoms with Crippen molar-refractivity contribution in [3.63, 3.8) is 0 Å². The van der Waals surface area contributed by atoms with Crippen LogP contribution in [0.3, 0.4) is 0 Å². The van der Waals surface area contributed by atoms with Gasteiger partial charge in [-0.15, -0.1) is 0 Å². The van der Waals surface area contributed by atoms with Gasteiger partial charge < -0.3 is 10.4 Å². The maximum absolute atomic E-state index is 13.6. The number of carboxylic acid groups (broad SMARTS) is 1. The second-order valence-corrected chi connectivity index (χ2v) is 6.22. The molecule has 0 amide bonds. The molecule has 0 bridgehead atoms. The van der Waals surface area contributed by atoms with Crippen LogP contribution in [-0.4, -0.2) is 22.5 Å². The minimum atomic E-state index is -0.845. The number of nitrogens with one attached hydrogen (secondary N) is 1. The summed E-state index contributed by atoms with van der Waals surface area (Å²) < 4.78 is 13.7. The molecule has 1 aromatic carbocycles. The Bertz CT molecular complexity index is 582. The zero-order chi connectivity index (χ0) is 15.6. The second-order valence-electron chi connectivity index (χ2n) is 5.06. The first-order valence-corrected chi connectivity index (χ1v) is 7.58. The van der Waals surface area contributed by atoms with E-state index in [1.54, 1.807) is 22.6 Å². The largest absolute Gasteiger partial charge is 0.481 e. The van der Waals surface area contributed by atoms with Gasteiger partial charge in [0.2, 0.25) is 0 Å². The van der Waals surface area contributed by atoms with Gasteiger partial charge in [-0.25, -0.2) is 4.39 Å². The van der Waals surface area contributed by atoms with Gasteiger partial charge in [-0.1, -0.05) is 6.42 Å². The topological polar surface area (TPSA) is 92.5 Å². The van der Waals surface area contributed by atoms with Crippen molar-refractivity contribution < 1.29 is 19.2 Å². The highest BCUT2D eigenvalue weighted by molar-refractivity contribution is 14.1. The van der Waals surface area contributed by atoms with E-state index in [4.69, 9.17) is 5.11 Å². The van der Waals surface area contributed by atoms with Crippen molar-refractivity contribution in [2.24, 2.45) is 11.8 Å². The van der Waals surface area contributed by atoms with E-state index in [1.807, 2.05) is 0 Å². The molecule has 6 nitrogen and oxygen atoms in total. The molecule has 1 aromatic rings. The van der Waals surface area contributed by atoms with Crippen LogP contribution in [0.5, 0.6) is 0 Å².